The third kappa shape index (κ3) is 2.05. The van der Waals surface area contributed by atoms with Gasteiger partial charge in [-0.05, 0) is 6.92 Å². The van der Waals surface area contributed by atoms with Gasteiger partial charge in [0.25, 0.3) is 0 Å². The summed E-state index contributed by atoms with van der Waals surface area (Å²) in [5, 5.41) is 2.03. The van der Waals surface area contributed by atoms with Crippen LogP contribution in [0.5, 0.6) is 0 Å². The van der Waals surface area contributed by atoms with Crippen LogP contribution < -0.4 is 11.3 Å². The Morgan fingerprint density at radius 1 is 1.50 bits per heavy atom. The number of rotatable bonds is 4. The molecule has 3 heterocycles. The minimum atomic E-state index is 0.0714. The molecule has 0 fully saturated rings. The Hall–Kier alpha value is -1.28. The molecule has 3 N–H and O–H groups in total. The molecule has 0 aromatic carbocycles. The zero-order valence-electron chi connectivity index (χ0n) is 9.83. The SMILES string of the molecule is Cc1ncsc1C(Cc1cn2ccsc2n1)NN. The molecule has 0 aliphatic carbocycles. The number of hydrazine groups is 1. The van der Waals surface area contributed by atoms with Gasteiger partial charge in [-0.2, -0.15) is 0 Å². The highest BCUT2D eigenvalue weighted by atomic mass is 32.1. The lowest BCUT2D eigenvalue weighted by atomic mass is 10.1. The van der Waals surface area contributed by atoms with Crippen LogP contribution in [-0.2, 0) is 6.42 Å². The van der Waals surface area contributed by atoms with E-state index in [2.05, 4.69) is 15.4 Å². The highest BCUT2D eigenvalue weighted by Gasteiger charge is 2.17. The molecule has 7 heteroatoms. The van der Waals surface area contributed by atoms with Crippen molar-refractivity contribution in [2.75, 3.05) is 0 Å². The molecule has 3 rings (SSSR count). The summed E-state index contributed by atoms with van der Waals surface area (Å²) in [4.78, 5) is 11.0. The lowest BCUT2D eigenvalue weighted by Gasteiger charge is -2.13. The predicted molar refractivity (Wildman–Crippen MR) is 73.7 cm³/mol. The zero-order valence-corrected chi connectivity index (χ0v) is 11.5. The molecule has 0 spiro atoms. The van der Waals surface area contributed by atoms with Gasteiger partial charge >= 0.3 is 0 Å². The maximum atomic E-state index is 5.65. The molecule has 18 heavy (non-hydrogen) atoms. The first-order valence-electron chi connectivity index (χ1n) is 5.55. The molecule has 0 amide bonds. The zero-order chi connectivity index (χ0) is 12.5. The van der Waals surface area contributed by atoms with Crippen molar-refractivity contribution in [2.24, 2.45) is 5.84 Å². The number of aromatic nitrogens is 3. The van der Waals surface area contributed by atoms with Crippen LogP contribution in [0.25, 0.3) is 4.96 Å². The topological polar surface area (TPSA) is 68.2 Å². The second-order valence-electron chi connectivity index (χ2n) is 4.05. The summed E-state index contributed by atoms with van der Waals surface area (Å²) in [6.07, 6.45) is 4.83. The standard InChI is InChI=1S/C11H13N5S2/c1-7-10(18-6-13-7)9(15-12)4-8-5-16-2-3-17-11(16)14-8/h2-3,5-6,9,15H,4,12H2,1H3. The van der Waals surface area contributed by atoms with Gasteiger partial charge in [0.2, 0.25) is 0 Å². The monoisotopic (exact) mass is 279 g/mol. The van der Waals surface area contributed by atoms with Crippen LogP contribution in [0.1, 0.15) is 22.3 Å². The second-order valence-corrected chi connectivity index (χ2v) is 5.81. The summed E-state index contributed by atoms with van der Waals surface area (Å²) in [6, 6.07) is 0.0714. The smallest absolute Gasteiger partial charge is 0.193 e. The van der Waals surface area contributed by atoms with Gasteiger partial charge < -0.3 is 0 Å². The van der Waals surface area contributed by atoms with Crippen molar-refractivity contribution in [3.8, 4) is 0 Å². The maximum Gasteiger partial charge on any atom is 0.193 e. The molecule has 1 unspecified atom stereocenters. The van der Waals surface area contributed by atoms with E-state index in [-0.39, 0.29) is 6.04 Å². The van der Waals surface area contributed by atoms with Crippen molar-refractivity contribution >= 4 is 27.6 Å². The molecule has 3 aromatic rings. The second kappa shape index (κ2) is 4.77. The number of nitrogens with two attached hydrogens (primary N) is 1. The Kier molecular flexibility index (Phi) is 3.13. The summed E-state index contributed by atoms with van der Waals surface area (Å²) < 4.78 is 2.03. The van der Waals surface area contributed by atoms with Crippen molar-refractivity contribution in [1.82, 2.24) is 19.8 Å². The van der Waals surface area contributed by atoms with Gasteiger partial charge in [0.15, 0.2) is 4.96 Å². The van der Waals surface area contributed by atoms with Crippen LogP contribution in [0.15, 0.2) is 23.3 Å². The van der Waals surface area contributed by atoms with Crippen molar-refractivity contribution in [2.45, 2.75) is 19.4 Å². The molecule has 0 saturated carbocycles. The molecule has 0 saturated heterocycles. The molecular formula is C11H13N5S2. The third-order valence-electron chi connectivity index (χ3n) is 2.86. The molecule has 0 radical (unpaired) electrons. The Morgan fingerprint density at radius 2 is 2.39 bits per heavy atom. The number of nitrogens with zero attached hydrogens (tertiary/aromatic N) is 3. The lowest BCUT2D eigenvalue weighted by Crippen LogP contribution is -2.29. The summed E-state index contributed by atoms with van der Waals surface area (Å²) in [5.41, 5.74) is 6.77. The average Bonchev–Trinajstić information content (AvgIpc) is 3.01. The number of hydrogen-bond donors (Lipinski definition) is 2. The fourth-order valence-corrected chi connectivity index (χ4v) is 3.54. The first-order valence-corrected chi connectivity index (χ1v) is 7.31. The van der Waals surface area contributed by atoms with Gasteiger partial charge in [0.1, 0.15) is 0 Å². The van der Waals surface area contributed by atoms with E-state index in [9.17, 15) is 0 Å². The maximum absolute atomic E-state index is 5.65. The van der Waals surface area contributed by atoms with E-state index in [1.807, 2.05) is 34.6 Å². The van der Waals surface area contributed by atoms with Gasteiger partial charge in [0, 0.05) is 29.1 Å². The van der Waals surface area contributed by atoms with E-state index < -0.39 is 0 Å². The van der Waals surface area contributed by atoms with E-state index in [0.717, 1.165) is 22.8 Å². The Morgan fingerprint density at radius 3 is 3.06 bits per heavy atom. The Labute approximate surface area is 112 Å². The summed E-state index contributed by atoms with van der Waals surface area (Å²) >= 11 is 3.26. The highest BCUT2D eigenvalue weighted by molar-refractivity contribution is 7.15. The van der Waals surface area contributed by atoms with Crippen LogP contribution >= 0.6 is 22.7 Å². The minimum absolute atomic E-state index is 0.0714. The van der Waals surface area contributed by atoms with Crippen molar-refractivity contribution in [3.63, 3.8) is 0 Å². The molecule has 5 nitrogen and oxygen atoms in total. The van der Waals surface area contributed by atoms with Crippen molar-refractivity contribution < 1.29 is 0 Å². The van der Waals surface area contributed by atoms with Gasteiger partial charge in [-0.25, -0.2) is 9.97 Å². The molecule has 3 aromatic heterocycles. The summed E-state index contributed by atoms with van der Waals surface area (Å²) in [5.74, 6) is 5.65. The van der Waals surface area contributed by atoms with Crippen LogP contribution in [0.2, 0.25) is 0 Å². The number of imidazole rings is 1. The Bertz CT molecular complexity index is 625. The Balaban J connectivity index is 1.86. The lowest BCUT2D eigenvalue weighted by molar-refractivity contribution is 0.552. The van der Waals surface area contributed by atoms with Crippen molar-refractivity contribution in [1.29, 1.82) is 0 Å². The minimum Gasteiger partial charge on any atom is -0.297 e. The molecular weight excluding hydrogens is 266 g/mol. The normalized spacial score (nSPS) is 13.2. The molecule has 0 bridgehead atoms. The van der Waals surface area contributed by atoms with E-state index >= 15 is 0 Å². The fraction of sp³-hybridized carbons (Fsp3) is 0.273. The van der Waals surface area contributed by atoms with Crippen LogP contribution in [0.3, 0.4) is 0 Å². The summed E-state index contributed by atoms with van der Waals surface area (Å²) in [6.45, 7) is 2.00. The summed E-state index contributed by atoms with van der Waals surface area (Å²) in [7, 11) is 0. The first-order chi connectivity index (χ1) is 8.78. The highest BCUT2D eigenvalue weighted by Crippen LogP contribution is 2.24. The molecule has 94 valence electrons. The number of thiazole rings is 2. The van der Waals surface area contributed by atoms with E-state index in [4.69, 9.17) is 5.84 Å². The molecule has 0 aliphatic rings. The van der Waals surface area contributed by atoms with Crippen LogP contribution in [0.4, 0.5) is 0 Å². The average molecular weight is 279 g/mol. The third-order valence-corrected chi connectivity index (χ3v) is 4.67. The van der Waals surface area contributed by atoms with Gasteiger partial charge in [-0.15, -0.1) is 22.7 Å². The predicted octanol–water partition coefficient (Wildman–Crippen LogP) is 1.91. The van der Waals surface area contributed by atoms with Crippen molar-refractivity contribution in [3.05, 3.63) is 39.5 Å². The number of fused-ring (bicyclic) bond motifs is 1. The van der Waals surface area contributed by atoms with E-state index in [1.165, 1.54) is 4.88 Å². The molecule has 0 aliphatic heterocycles. The van der Waals surface area contributed by atoms with Crippen LogP contribution in [-0.4, -0.2) is 14.4 Å². The number of nitrogens with one attached hydrogen (secondary N) is 1. The van der Waals surface area contributed by atoms with Crippen LogP contribution in [0, 0.1) is 6.92 Å². The van der Waals surface area contributed by atoms with Gasteiger partial charge in [-0.1, -0.05) is 0 Å². The quantitative estimate of drug-likeness (QED) is 0.565. The fourth-order valence-electron chi connectivity index (χ4n) is 1.96. The number of aryl methyl sites for hydroxylation is 1. The first kappa shape index (κ1) is 11.8. The molecule has 1 atom stereocenters. The number of hydrogen-bond acceptors (Lipinski definition) is 6. The largest absolute Gasteiger partial charge is 0.297 e. The van der Waals surface area contributed by atoms with E-state index in [0.29, 0.717) is 0 Å². The van der Waals surface area contributed by atoms with Gasteiger partial charge in [-0.3, -0.25) is 15.7 Å². The van der Waals surface area contributed by atoms with E-state index in [1.54, 1.807) is 22.7 Å². The van der Waals surface area contributed by atoms with Gasteiger partial charge in [0.05, 0.1) is 22.9 Å².